The predicted octanol–water partition coefficient (Wildman–Crippen LogP) is 3.38. The Balaban J connectivity index is 1.45. The standard InChI is InChI=1S/C16H15F3N6O2S/c1-9-20-15(24-23-9)28-8-12-22-14(27-25-12)7-6-13(26)21-11-4-2-10(3-5-11)16(17,18)19/h2-5H,6-8H2,1H3,(H,21,26)(H,20,23,24). The Morgan fingerprint density at radius 3 is 2.64 bits per heavy atom. The number of alkyl halides is 3. The Bertz CT molecular complexity index is 939. The molecule has 0 unspecified atom stereocenters. The van der Waals surface area contributed by atoms with E-state index in [0.717, 1.165) is 12.1 Å². The van der Waals surface area contributed by atoms with Gasteiger partial charge in [0.2, 0.25) is 17.0 Å². The maximum absolute atomic E-state index is 12.5. The quantitative estimate of drug-likeness (QED) is 0.573. The first-order valence-electron chi connectivity index (χ1n) is 8.10. The van der Waals surface area contributed by atoms with Crippen LogP contribution in [0.4, 0.5) is 18.9 Å². The Kier molecular flexibility index (Phi) is 5.97. The predicted molar refractivity (Wildman–Crippen MR) is 93.4 cm³/mol. The number of thioether (sulfide) groups is 1. The number of halogens is 3. The van der Waals surface area contributed by atoms with Gasteiger partial charge in [-0.2, -0.15) is 18.2 Å². The molecule has 28 heavy (non-hydrogen) atoms. The highest BCUT2D eigenvalue weighted by Gasteiger charge is 2.29. The van der Waals surface area contributed by atoms with Gasteiger partial charge in [0.1, 0.15) is 5.82 Å². The van der Waals surface area contributed by atoms with Crippen molar-refractivity contribution in [2.45, 2.75) is 36.9 Å². The summed E-state index contributed by atoms with van der Waals surface area (Å²) in [6.45, 7) is 1.79. The zero-order valence-corrected chi connectivity index (χ0v) is 15.4. The van der Waals surface area contributed by atoms with Gasteiger partial charge in [-0.1, -0.05) is 16.9 Å². The van der Waals surface area contributed by atoms with Gasteiger partial charge in [0.05, 0.1) is 11.3 Å². The zero-order chi connectivity index (χ0) is 20.1. The number of H-pyrrole nitrogens is 1. The number of benzene rings is 1. The highest BCUT2D eigenvalue weighted by molar-refractivity contribution is 7.98. The summed E-state index contributed by atoms with van der Waals surface area (Å²) in [5, 5.41) is 13.6. The number of hydrogen-bond acceptors (Lipinski definition) is 7. The lowest BCUT2D eigenvalue weighted by atomic mass is 10.2. The van der Waals surface area contributed by atoms with E-state index in [0.29, 0.717) is 28.4 Å². The average molecular weight is 412 g/mol. The summed E-state index contributed by atoms with van der Waals surface area (Å²) in [6.07, 6.45) is -4.15. The molecule has 3 rings (SSSR count). The second-order valence-electron chi connectivity index (χ2n) is 5.72. The molecule has 12 heteroatoms. The molecule has 0 aliphatic rings. The van der Waals surface area contributed by atoms with E-state index in [1.807, 2.05) is 0 Å². The third kappa shape index (κ3) is 5.55. The largest absolute Gasteiger partial charge is 0.416 e. The van der Waals surface area contributed by atoms with Crippen molar-refractivity contribution < 1.29 is 22.5 Å². The van der Waals surface area contributed by atoms with Crippen molar-refractivity contribution in [3.05, 3.63) is 47.4 Å². The van der Waals surface area contributed by atoms with Crippen molar-refractivity contribution in [2.24, 2.45) is 0 Å². The van der Waals surface area contributed by atoms with Crippen LogP contribution in [0.3, 0.4) is 0 Å². The fraction of sp³-hybridized carbons (Fsp3) is 0.312. The Labute approximate surface area is 161 Å². The lowest BCUT2D eigenvalue weighted by Crippen LogP contribution is -2.13. The first-order valence-corrected chi connectivity index (χ1v) is 9.08. The minimum atomic E-state index is -4.41. The van der Waals surface area contributed by atoms with E-state index in [4.69, 9.17) is 4.52 Å². The number of anilines is 1. The fourth-order valence-electron chi connectivity index (χ4n) is 2.15. The number of aromatic nitrogens is 5. The van der Waals surface area contributed by atoms with Gasteiger partial charge in [-0.05, 0) is 31.2 Å². The molecular formula is C16H15F3N6O2S. The Morgan fingerprint density at radius 1 is 1.25 bits per heavy atom. The number of nitrogens with zero attached hydrogens (tertiary/aromatic N) is 4. The first kappa shape index (κ1) is 19.9. The molecule has 0 saturated heterocycles. The van der Waals surface area contributed by atoms with Crippen LogP contribution in [0.1, 0.15) is 29.5 Å². The van der Waals surface area contributed by atoms with E-state index < -0.39 is 11.7 Å². The van der Waals surface area contributed by atoms with Gasteiger partial charge in [-0.15, -0.1) is 5.10 Å². The van der Waals surface area contributed by atoms with Gasteiger partial charge in [0, 0.05) is 18.5 Å². The van der Waals surface area contributed by atoms with Crippen molar-refractivity contribution in [2.75, 3.05) is 5.32 Å². The van der Waals surface area contributed by atoms with Crippen LogP contribution in [0.5, 0.6) is 0 Å². The summed E-state index contributed by atoms with van der Waals surface area (Å²) in [6, 6.07) is 4.22. The second-order valence-corrected chi connectivity index (χ2v) is 6.66. The number of carbonyl (C=O) groups excluding carboxylic acids is 1. The molecule has 0 aliphatic carbocycles. The summed E-state index contributed by atoms with van der Waals surface area (Å²) in [7, 11) is 0. The van der Waals surface area contributed by atoms with Crippen LogP contribution in [0.2, 0.25) is 0 Å². The lowest BCUT2D eigenvalue weighted by molar-refractivity contribution is -0.137. The summed E-state index contributed by atoms with van der Waals surface area (Å²) >= 11 is 1.34. The molecular weight excluding hydrogens is 397 g/mol. The van der Waals surface area contributed by atoms with Crippen molar-refractivity contribution in [1.29, 1.82) is 0 Å². The molecule has 0 fully saturated rings. The Hall–Kier alpha value is -2.89. The fourth-order valence-corrected chi connectivity index (χ4v) is 2.84. The summed E-state index contributed by atoms with van der Waals surface area (Å²) < 4.78 is 42.7. The molecule has 0 aliphatic heterocycles. The van der Waals surface area contributed by atoms with Gasteiger partial charge in [0.15, 0.2) is 5.82 Å². The molecule has 1 aromatic carbocycles. The van der Waals surface area contributed by atoms with E-state index >= 15 is 0 Å². The van der Waals surface area contributed by atoms with Crippen molar-refractivity contribution >= 4 is 23.4 Å². The maximum atomic E-state index is 12.5. The average Bonchev–Trinajstić information content (AvgIpc) is 3.26. The SMILES string of the molecule is Cc1nc(SCc2noc(CCC(=O)Nc3ccc(C(F)(F)F)cc3)n2)n[nH]1. The number of amides is 1. The number of rotatable bonds is 7. The molecule has 8 nitrogen and oxygen atoms in total. The van der Waals surface area contributed by atoms with Crippen molar-refractivity contribution in [3.63, 3.8) is 0 Å². The summed E-state index contributed by atoms with van der Waals surface area (Å²) in [5.41, 5.74) is -0.496. The number of nitrogens with one attached hydrogen (secondary N) is 2. The molecule has 3 aromatic rings. The second kappa shape index (κ2) is 8.42. The molecule has 0 spiro atoms. The summed E-state index contributed by atoms with van der Waals surface area (Å²) in [4.78, 5) is 20.3. The smallest absolute Gasteiger partial charge is 0.339 e. The topological polar surface area (TPSA) is 110 Å². The molecule has 2 aromatic heterocycles. The molecule has 2 N–H and O–H groups in total. The first-order chi connectivity index (χ1) is 13.3. The number of aromatic amines is 1. The monoisotopic (exact) mass is 412 g/mol. The van der Waals surface area contributed by atoms with Gasteiger partial charge in [0.25, 0.3) is 0 Å². The highest BCUT2D eigenvalue weighted by Crippen LogP contribution is 2.29. The molecule has 148 valence electrons. The van der Waals surface area contributed by atoms with Crippen molar-refractivity contribution in [3.8, 4) is 0 Å². The van der Waals surface area contributed by atoms with Crippen molar-refractivity contribution in [1.82, 2.24) is 25.3 Å². The van der Waals surface area contributed by atoms with Gasteiger partial charge < -0.3 is 9.84 Å². The number of carbonyl (C=O) groups is 1. The minimum absolute atomic E-state index is 0.0515. The minimum Gasteiger partial charge on any atom is -0.339 e. The van der Waals surface area contributed by atoms with E-state index in [9.17, 15) is 18.0 Å². The zero-order valence-electron chi connectivity index (χ0n) is 14.6. The molecule has 0 atom stereocenters. The Morgan fingerprint density at radius 2 is 2.00 bits per heavy atom. The lowest BCUT2D eigenvalue weighted by Gasteiger charge is -2.08. The van der Waals surface area contributed by atoms with E-state index in [-0.39, 0.29) is 24.4 Å². The molecule has 1 amide bonds. The molecule has 2 heterocycles. The molecule has 0 radical (unpaired) electrons. The third-order valence-corrected chi connectivity index (χ3v) is 4.32. The summed E-state index contributed by atoms with van der Waals surface area (Å²) in [5.74, 6) is 1.49. The van der Waals surface area contributed by atoms with E-state index in [1.165, 1.54) is 23.9 Å². The third-order valence-electron chi connectivity index (χ3n) is 3.48. The van der Waals surface area contributed by atoms with Crippen LogP contribution >= 0.6 is 11.8 Å². The van der Waals surface area contributed by atoms with E-state index in [2.05, 4.69) is 30.6 Å². The van der Waals surface area contributed by atoms with Crippen LogP contribution in [-0.2, 0) is 23.1 Å². The van der Waals surface area contributed by atoms with Gasteiger partial charge >= 0.3 is 6.18 Å². The normalized spacial score (nSPS) is 11.6. The number of hydrogen-bond donors (Lipinski definition) is 2. The molecule has 0 saturated carbocycles. The van der Waals surface area contributed by atoms with Gasteiger partial charge in [-0.3, -0.25) is 9.89 Å². The number of aryl methyl sites for hydroxylation is 2. The van der Waals surface area contributed by atoms with Crippen LogP contribution in [0, 0.1) is 6.92 Å². The van der Waals surface area contributed by atoms with Crippen LogP contribution in [-0.4, -0.2) is 31.2 Å². The molecule has 0 bridgehead atoms. The van der Waals surface area contributed by atoms with Crippen LogP contribution in [0.25, 0.3) is 0 Å². The highest BCUT2D eigenvalue weighted by atomic mass is 32.2. The van der Waals surface area contributed by atoms with E-state index in [1.54, 1.807) is 6.92 Å². The van der Waals surface area contributed by atoms with Crippen LogP contribution in [0.15, 0.2) is 33.9 Å². The maximum Gasteiger partial charge on any atom is 0.416 e. The van der Waals surface area contributed by atoms with Crippen LogP contribution < -0.4 is 5.32 Å². The van der Waals surface area contributed by atoms with Gasteiger partial charge in [-0.25, -0.2) is 4.98 Å².